The molecule has 2 rings (SSSR count). The van der Waals surface area contributed by atoms with Gasteiger partial charge in [0.25, 0.3) is 0 Å². The second kappa shape index (κ2) is 5.72. The number of benzene rings is 1. The molecule has 4 heteroatoms. The van der Waals surface area contributed by atoms with Crippen molar-refractivity contribution < 1.29 is 4.79 Å². The Labute approximate surface area is 114 Å². The van der Waals surface area contributed by atoms with E-state index in [0.717, 1.165) is 19.5 Å². The smallest absolute Gasteiger partial charge is 0.221 e. The van der Waals surface area contributed by atoms with Crippen molar-refractivity contribution >= 4 is 5.91 Å². The zero-order chi connectivity index (χ0) is 14.0. The fourth-order valence-electron chi connectivity index (χ4n) is 3.00. The SMILES string of the molecule is Cc1ccccc1C(C(C)N)N1CCC(C(N)=O)C1. The molecular formula is C15H23N3O. The Bertz CT molecular complexity index is 458. The minimum absolute atomic E-state index is 0.0210. The molecule has 0 spiro atoms. The lowest BCUT2D eigenvalue weighted by atomic mass is 9.95. The Morgan fingerprint density at radius 2 is 2.11 bits per heavy atom. The molecule has 1 aliphatic rings. The van der Waals surface area contributed by atoms with Gasteiger partial charge in [0, 0.05) is 18.6 Å². The van der Waals surface area contributed by atoms with E-state index in [1.165, 1.54) is 11.1 Å². The standard InChI is InChI=1S/C15H23N3O/c1-10-5-3-4-6-13(10)14(11(2)16)18-8-7-12(9-18)15(17)19/h3-6,11-12,14H,7-9,16H2,1-2H3,(H2,17,19). The van der Waals surface area contributed by atoms with E-state index in [1.54, 1.807) is 0 Å². The predicted molar refractivity (Wildman–Crippen MR) is 76.4 cm³/mol. The molecule has 0 radical (unpaired) electrons. The minimum atomic E-state index is -0.198. The molecule has 0 saturated carbocycles. The number of hydrogen-bond donors (Lipinski definition) is 2. The van der Waals surface area contributed by atoms with Crippen molar-refractivity contribution in [1.29, 1.82) is 0 Å². The number of carbonyl (C=O) groups excluding carboxylic acids is 1. The van der Waals surface area contributed by atoms with Crippen molar-refractivity contribution in [1.82, 2.24) is 4.90 Å². The Balaban J connectivity index is 2.23. The van der Waals surface area contributed by atoms with Gasteiger partial charge in [-0.1, -0.05) is 24.3 Å². The Kier molecular flexibility index (Phi) is 4.22. The van der Waals surface area contributed by atoms with Gasteiger partial charge in [0.2, 0.25) is 5.91 Å². The van der Waals surface area contributed by atoms with E-state index in [1.807, 2.05) is 19.1 Å². The van der Waals surface area contributed by atoms with Gasteiger partial charge < -0.3 is 11.5 Å². The molecule has 1 saturated heterocycles. The molecule has 1 aromatic rings. The molecular weight excluding hydrogens is 238 g/mol. The third-order valence-electron chi connectivity index (χ3n) is 4.02. The van der Waals surface area contributed by atoms with Crippen molar-refractivity contribution in [3.8, 4) is 0 Å². The number of nitrogens with zero attached hydrogens (tertiary/aromatic N) is 1. The summed E-state index contributed by atoms with van der Waals surface area (Å²) in [5.74, 6) is -0.235. The average molecular weight is 261 g/mol. The van der Waals surface area contributed by atoms with Crippen LogP contribution < -0.4 is 11.5 Å². The third-order valence-corrected chi connectivity index (χ3v) is 4.02. The van der Waals surface area contributed by atoms with Crippen molar-refractivity contribution in [2.24, 2.45) is 17.4 Å². The molecule has 3 atom stereocenters. The van der Waals surface area contributed by atoms with Crippen molar-refractivity contribution in [2.75, 3.05) is 13.1 Å². The van der Waals surface area contributed by atoms with Gasteiger partial charge in [-0.15, -0.1) is 0 Å². The molecule has 0 bridgehead atoms. The molecule has 1 amide bonds. The highest BCUT2D eigenvalue weighted by Crippen LogP contribution is 2.31. The van der Waals surface area contributed by atoms with Crippen molar-refractivity contribution in [2.45, 2.75) is 32.4 Å². The molecule has 3 unspecified atom stereocenters. The van der Waals surface area contributed by atoms with Gasteiger partial charge in [-0.25, -0.2) is 0 Å². The topological polar surface area (TPSA) is 72.3 Å². The Hall–Kier alpha value is -1.39. The van der Waals surface area contributed by atoms with E-state index < -0.39 is 0 Å². The number of nitrogens with two attached hydrogens (primary N) is 2. The first-order valence-corrected chi connectivity index (χ1v) is 6.85. The zero-order valence-electron chi connectivity index (χ0n) is 11.7. The molecule has 1 heterocycles. The Morgan fingerprint density at radius 3 is 2.63 bits per heavy atom. The summed E-state index contributed by atoms with van der Waals surface area (Å²) in [6.07, 6.45) is 0.838. The van der Waals surface area contributed by atoms with Gasteiger partial charge >= 0.3 is 0 Å². The molecule has 0 aromatic heterocycles. The molecule has 4 N–H and O–H groups in total. The normalized spacial score (nSPS) is 23.2. The first-order valence-electron chi connectivity index (χ1n) is 6.85. The van der Waals surface area contributed by atoms with Crippen LogP contribution in [0, 0.1) is 12.8 Å². The second-order valence-corrected chi connectivity index (χ2v) is 5.54. The van der Waals surface area contributed by atoms with Crippen LogP contribution in [0.5, 0.6) is 0 Å². The maximum absolute atomic E-state index is 11.3. The maximum Gasteiger partial charge on any atom is 0.221 e. The largest absolute Gasteiger partial charge is 0.369 e. The van der Waals surface area contributed by atoms with Crippen LogP contribution >= 0.6 is 0 Å². The lowest BCUT2D eigenvalue weighted by Crippen LogP contribution is -2.39. The van der Waals surface area contributed by atoms with Crippen LogP contribution in [0.3, 0.4) is 0 Å². The molecule has 1 aromatic carbocycles. The fraction of sp³-hybridized carbons (Fsp3) is 0.533. The predicted octanol–water partition coefficient (Wildman–Crippen LogP) is 1.19. The summed E-state index contributed by atoms with van der Waals surface area (Å²) in [6, 6.07) is 8.48. The van der Waals surface area contributed by atoms with Crippen LogP contribution in [0.4, 0.5) is 0 Å². The summed E-state index contributed by atoms with van der Waals surface area (Å²) in [5, 5.41) is 0. The molecule has 104 valence electrons. The average Bonchev–Trinajstić information content (AvgIpc) is 2.81. The highest BCUT2D eigenvalue weighted by molar-refractivity contribution is 5.77. The zero-order valence-corrected chi connectivity index (χ0v) is 11.7. The van der Waals surface area contributed by atoms with Crippen LogP contribution in [0.25, 0.3) is 0 Å². The van der Waals surface area contributed by atoms with Crippen LogP contribution in [0.1, 0.15) is 30.5 Å². The number of hydrogen-bond acceptors (Lipinski definition) is 3. The van der Waals surface area contributed by atoms with Crippen LogP contribution in [0.2, 0.25) is 0 Å². The minimum Gasteiger partial charge on any atom is -0.369 e. The highest BCUT2D eigenvalue weighted by Gasteiger charge is 2.33. The van der Waals surface area contributed by atoms with Gasteiger partial charge in [-0.2, -0.15) is 0 Å². The maximum atomic E-state index is 11.3. The first kappa shape index (κ1) is 14.0. The number of aryl methyl sites for hydroxylation is 1. The summed E-state index contributed by atoms with van der Waals surface area (Å²) < 4.78 is 0. The van der Waals surface area contributed by atoms with Crippen LogP contribution in [-0.2, 0) is 4.79 Å². The number of carbonyl (C=O) groups is 1. The highest BCUT2D eigenvalue weighted by atomic mass is 16.1. The summed E-state index contributed by atoms with van der Waals surface area (Å²) >= 11 is 0. The fourth-order valence-corrected chi connectivity index (χ4v) is 3.00. The lowest BCUT2D eigenvalue weighted by molar-refractivity contribution is -0.121. The molecule has 1 fully saturated rings. The van der Waals surface area contributed by atoms with Crippen LogP contribution in [-0.4, -0.2) is 29.9 Å². The second-order valence-electron chi connectivity index (χ2n) is 5.54. The summed E-state index contributed by atoms with van der Waals surface area (Å²) in [7, 11) is 0. The van der Waals surface area contributed by atoms with Gasteiger partial charge in [0.05, 0.1) is 5.92 Å². The van der Waals surface area contributed by atoms with Gasteiger partial charge in [-0.3, -0.25) is 9.69 Å². The number of likely N-dealkylation sites (tertiary alicyclic amines) is 1. The Morgan fingerprint density at radius 1 is 1.42 bits per heavy atom. The quantitative estimate of drug-likeness (QED) is 0.855. The number of rotatable bonds is 4. The molecule has 4 nitrogen and oxygen atoms in total. The molecule has 1 aliphatic heterocycles. The third kappa shape index (κ3) is 2.96. The molecule has 19 heavy (non-hydrogen) atoms. The number of primary amides is 1. The van der Waals surface area contributed by atoms with Gasteiger partial charge in [0.1, 0.15) is 0 Å². The summed E-state index contributed by atoms with van der Waals surface area (Å²) in [6.45, 7) is 5.73. The first-order chi connectivity index (χ1) is 9.00. The van der Waals surface area contributed by atoms with E-state index >= 15 is 0 Å². The molecule has 0 aliphatic carbocycles. The van der Waals surface area contributed by atoms with E-state index in [4.69, 9.17) is 11.5 Å². The summed E-state index contributed by atoms with van der Waals surface area (Å²) in [5.41, 5.74) is 14.1. The van der Waals surface area contributed by atoms with Gasteiger partial charge in [0.15, 0.2) is 0 Å². The van der Waals surface area contributed by atoms with Gasteiger partial charge in [-0.05, 0) is 37.9 Å². The van der Waals surface area contributed by atoms with E-state index in [-0.39, 0.29) is 23.9 Å². The monoisotopic (exact) mass is 261 g/mol. The summed E-state index contributed by atoms with van der Waals surface area (Å²) in [4.78, 5) is 13.6. The van der Waals surface area contributed by atoms with Crippen molar-refractivity contribution in [3.05, 3.63) is 35.4 Å². The van der Waals surface area contributed by atoms with Crippen LogP contribution in [0.15, 0.2) is 24.3 Å². The lowest BCUT2D eigenvalue weighted by Gasteiger charge is -2.32. The van der Waals surface area contributed by atoms with E-state index in [9.17, 15) is 4.79 Å². The van der Waals surface area contributed by atoms with E-state index in [2.05, 4.69) is 24.0 Å². The number of amides is 1. The van der Waals surface area contributed by atoms with E-state index in [0.29, 0.717) is 0 Å². The van der Waals surface area contributed by atoms with Crippen molar-refractivity contribution in [3.63, 3.8) is 0 Å².